The highest BCUT2D eigenvalue weighted by Crippen LogP contribution is 2.11. The van der Waals surface area contributed by atoms with Gasteiger partial charge in [0, 0.05) is 26.2 Å². The lowest BCUT2D eigenvalue weighted by atomic mass is 10.1. The van der Waals surface area contributed by atoms with Crippen LogP contribution in [0.3, 0.4) is 0 Å². The number of ether oxygens (including phenoxy) is 1. The number of nitrogens with one attached hydrogen (secondary N) is 1. The Kier molecular flexibility index (Phi) is 6.81. The molecule has 0 unspecified atom stereocenters. The molecule has 4 nitrogen and oxygen atoms in total. The van der Waals surface area contributed by atoms with Crippen molar-refractivity contribution in [2.45, 2.75) is 46.8 Å². The van der Waals surface area contributed by atoms with Crippen LogP contribution >= 0.6 is 0 Å². The summed E-state index contributed by atoms with van der Waals surface area (Å²) in [4.78, 5) is 13.6. The summed E-state index contributed by atoms with van der Waals surface area (Å²) in [6, 6.07) is 4.76. The molecule has 0 saturated heterocycles. The van der Waals surface area contributed by atoms with E-state index in [0.29, 0.717) is 26.2 Å². The third-order valence-corrected chi connectivity index (χ3v) is 3.22. The number of carbonyl (C=O) groups is 1. The van der Waals surface area contributed by atoms with Gasteiger partial charge in [0.05, 0.1) is 0 Å². The lowest BCUT2D eigenvalue weighted by Crippen LogP contribution is -2.40. The van der Waals surface area contributed by atoms with E-state index in [1.165, 1.54) is 12.1 Å². The smallest absolute Gasteiger partial charge is 0.410 e. The molecule has 1 N–H and O–H groups in total. The van der Waals surface area contributed by atoms with Gasteiger partial charge in [-0.2, -0.15) is 0 Å². The lowest BCUT2D eigenvalue weighted by molar-refractivity contribution is 0.0262. The van der Waals surface area contributed by atoms with Crippen molar-refractivity contribution in [1.82, 2.24) is 10.2 Å². The van der Waals surface area contributed by atoms with Gasteiger partial charge in [-0.25, -0.2) is 9.18 Å². The van der Waals surface area contributed by atoms with Gasteiger partial charge in [-0.1, -0.05) is 6.07 Å². The van der Waals surface area contributed by atoms with Crippen molar-refractivity contribution in [1.29, 1.82) is 0 Å². The van der Waals surface area contributed by atoms with E-state index in [0.717, 1.165) is 11.1 Å². The number of benzene rings is 1. The van der Waals surface area contributed by atoms with Crippen LogP contribution in [-0.4, -0.2) is 36.2 Å². The summed E-state index contributed by atoms with van der Waals surface area (Å²) in [7, 11) is 0. The average Bonchev–Trinajstić information content (AvgIpc) is 2.40. The third kappa shape index (κ3) is 6.43. The SMILES string of the molecule is CCN(CCNCc1cc(F)ccc1C)C(=O)OC(C)(C)C. The zero-order valence-electron chi connectivity index (χ0n) is 14.2. The first-order valence-electron chi connectivity index (χ1n) is 7.66. The molecular weight excluding hydrogens is 283 g/mol. The maximum atomic E-state index is 13.2. The van der Waals surface area contributed by atoms with E-state index >= 15 is 0 Å². The number of aryl methyl sites for hydroxylation is 1. The van der Waals surface area contributed by atoms with E-state index in [4.69, 9.17) is 4.74 Å². The summed E-state index contributed by atoms with van der Waals surface area (Å²) in [6.45, 7) is 11.8. The number of likely N-dealkylation sites (N-methyl/N-ethyl adjacent to an activating group) is 1. The number of halogens is 1. The molecule has 0 atom stereocenters. The summed E-state index contributed by atoms with van der Waals surface area (Å²) in [5.41, 5.74) is 1.49. The topological polar surface area (TPSA) is 41.6 Å². The molecule has 0 fully saturated rings. The van der Waals surface area contributed by atoms with Crippen LogP contribution in [0.25, 0.3) is 0 Å². The number of hydrogen-bond acceptors (Lipinski definition) is 3. The minimum absolute atomic E-state index is 0.230. The standard InChI is InChI=1S/C17H27FN2O2/c1-6-20(16(21)22-17(3,4)5)10-9-19-12-14-11-15(18)8-7-13(14)2/h7-8,11,19H,6,9-10,12H2,1-5H3. The first-order valence-corrected chi connectivity index (χ1v) is 7.66. The molecule has 0 aliphatic heterocycles. The highest BCUT2D eigenvalue weighted by molar-refractivity contribution is 5.68. The molecule has 0 saturated carbocycles. The molecule has 0 heterocycles. The Labute approximate surface area is 132 Å². The number of amides is 1. The van der Waals surface area contributed by atoms with Crippen LogP contribution in [0, 0.1) is 12.7 Å². The molecular formula is C17H27FN2O2. The zero-order valence-corrected chi connectivity index (χ0v) is 14.2. The molecule has 22 heavy (non-hydrogen) atoms. The van der Waals surface area contributed by atoms with Gasteiger partial charge >= 0.3 is 6.09 Å². The molecule has 1 rings (SSSR count). The van der Waals surface area contributed by atoms with Crippen LogP contribution in [0.15, 0.2) is 18.2 Å². The van der Waals surface area contributed by atoms with Gasteiger partial charge in [0.25, 0.3) is 0 Å². The zero-order chi connectivity index (χ0) is 16.8. The van der Waals surface area contributed by atoms with Gasteiger partial charge in [-0.15, -0.1) is 0 Å². The van der Waals surface area contributed by atoms with E-state index in [9.17, 15) is 9.18 Å². The summed E-state index contributed by atoms with van der Waals surface area (Å²) in [6.07, 6.45) is -0.307. The molecule has 0 spiro atoms. The summed E-state index contributed by atoms with van der Waals surface area (Å²) < 4.78 is 18.6. The molecule has 0 aliphatic rings. The maximum absolute atomic E-state index is 13.2. The fourth-order valence-electron chi connectivity index (χ4n) is 1.97. The number of hydrogen-bond donors (Lipinski definition) is 1. The van der Waals surface area contributed by atoms with Crippen molar-refractivity contribution in [3.63, 3.8) is 0 Å². The Morgan fingerprint density at radius 1 is 1.36 bits per heavy atom. The predicted molar refractivity (Wildman–Crippen MR) is 86.3 cm³/mol. The highest BCUT2D eigenvalue weighted by Gasteiger charge is 2.20. The second-order valence-electron chi connectivity index (χ2n) is 6.31. The van der Waals surface area contributed by atoms with E-state index in [1.54, 1.807) is 11.0 Å². The normalized spacial score (nSPS) is 11.4. The van der Waals surface area contributed by atoms with Crippen molar-refractivity contribution in [2.24, 2.45) is 0 Å². The van der Waals surface area contributed by atoms with Gasteiger partial charge in [-0.3, -0.25) is 0 Å². The fraction of sp³-hybridized carbons (Fsp3) is 0.588. The summed E-state index contributed by atoms with van der Waals surface area (Å²) in [5.74, 6) is -0.230. The van der Waals surface area contributed by atoms with Crippen LogP contribution in [0.4, 0.5) is 9.18 Å². The molecule has 0 aromatic heterocycles. The Hall–Kier alpha value is -1.62. The monoisotopic (exact) mass is 310 g/mol. The first-order chi connectivity index (χ1) is 10.2. The van der Waals surface area contributed by atoms with E-state index in [1.807, 2.05) is 34.6 Å². The van der Waals surface area contributed by atoms with E-state index in [2.05, 4.69) is 5.32 Å². The van der Waals surface area contributed by atoms with Gasteiger partial charge in [0.2, 0.25) is 0 Å². The molecule has 124 valence electrons. The molecule has 1 amide bonds. The molecule has 1 aromatic rings. The Morgan fingerprint density at radius 2 is 2.05 bits per heavy atom. The van der Waals surface area contributed by atoms with Gasteiger partial charge in [-0.05, 0) is 57.9 Å². The highest BCUT2D eigenvalue weighted by atomic mass is 19.1. The second kappa shape index (κ2) is 8.13. The van der Waals surface area contributed by atoms with Crippen molar-refractivity contribution in [3.05, 3.63) is 35.1 Å². The molecule has 0 bridgehead atoms. The summed E-state index contributed by atoms with van der Waals surface area (Å²) in [5, 5.41) is 3.24. The van der Waals surface area contributed by atoms with Crippen molar-refractivity contribution >= 4 is 6.09 Å². The minimum atomic E-state index is -0.489. The Bertz CT molecular complexity index is 498. The number of nitrogens with zero attached hydrogens (tertiary/aromatic N) is 1. The van der Waals surface area contributed by atoms with Crippen LogP contribution in [0.2, 0.25) is 0 Å². The number of rotatable bonds is 6. The Morgan fingerprint density at radius 3 is 2.64 bits per heavy atom. The fourth-order valence-corrected chi connectivity index (χ4v) is 1.97. The minimum Gasteiger partial charge on any atom is -0.444 e. The quantitative estimate of drug-likeness (QED) is 0.818. The van der Waals surface area contributed by atoms with Crippen LogP contribution in [0.1, 0.15) is 38.8 Å². The van der Waals surface area contributed by atoms with Crippen molar-refractivity contribution in [2.75, 3.05) is 19.6 Å². The number of carbonyl (C=O) groups excluding carboxylic acids is 1. The van der Waals surface area contributed by atoms with Crippen LogP contribution < -0.4 is 5.32 Å². The van der Waals surface area contributed by atoms with Crippen LogP contribution in [0.5, 0.6) is 0 Å². The second-order valence-corrected chi connectivity index (χ2v) is 6.31. The molecule has 5 heteroatoms. The van der Waals surface area contributed by atoms with Crippen molar-refractivity contribution < 1.29 is 13.9 Å². The molecule has 1 aromatic carbocycles. The third-order valence-electron chi connectivity index (χ3n) is 3.22. The van der Waals surface area contributed by atoms with Gasteiger partial charge < -0.3 is 15.0 Å². The van der Waals surface area contributed by atoms with E-state index < -0.39 is 5.60 Å². The predicted octanol–water partition coefficient (Wildman–Crippen LogP) is 3.48. The molecule has 0 aliphatic carbocycles. The summed E-state index contributed by atoms with van der Waals surface area (Å²) >= 11 is 0. The molecule has 0 radical (unpaired) electrons. The first kappa shape index (κ1) is 18.4. The average molecular weight is 310 g/mol. The van der Waals surface area contributed by atoms with Gasteiger partial charge in [0.15, 0.2) is 0 Å². The van der Waals surface area contributed by atoms with Crippen molar-refractivity contribution in [3.8, 4) is 0 Å². The van der Waals surface area contributed by atoms with Gasteiger partial charge in [0.1, 0.15) is 11.4 Å². The maximum Gasteiger partial charge on any atom is 0.410 e. The Balaban J connectivity index is 2.41. The van der Waals surface area contributed by atoms with E-state index in [-0.39, 0.29) is 11.9 Å². The lowest BCUT2D eigenvalue weighted by Gasteiger charge is -2.26. The largest absolute Gasteiger partial charge is 0.444 e. The van der Waals surface area contributed by atoms with Crippen LogP contribution in [-0.2, 0) is 11.3 Å².